The maximum absolute atomic E-state index is 11.8. The fourth-order valence-electron chi connectivity index (χ4n) is 1.66. The third-order valence-corrected chi connectivity index (χ3v) is 2.52. The topological polar surface area (TPSA) is 75.8 Å². The number of β-amino-alcohol motifs (C(OH)–C–C–N with tert-alkyl or cyclic N) is 1. The Morgan fingerprint density at radius 3 is 2.69 bits per heavy atom. The SMILES string of the molecule is CC(C)(C)OC(=O)N1CCCC(N)[C@H](O)C1. The number of carbonyl (C=O) groups excluding carboxylic acids is 1. The maximum Gasteiger partial charge on any atom is 0.410 e. The molecule has 0 radical (unpaired) electrons. The highest BCUT2D eigenvalue weighted by molar-refractivity contribution is 5.68. The number of hydrogen-bond acceptors (Lipinski definition) is 4. The number of ether oxygens (including phenoxy) is 1. The normalized spacial score (nSPS) is 27.4. The van der Waals surface area contributed by atoms with Gasteiger partial charge in [0.25, 0.3) is 0 Å². The van der Waals surface area contributed by atoms with Crippen LogP contribution in [0.5, 0.6) is 0 Å². The highest BCUT2D eigenvalue weighted by atomic mass is 16.6. The summed E-state index contributed by atoms with van der Waals surface area (Å²) >= 11 is 0. The van der Waals surface area contributed by atoms with Gasteiger partial charge in [-0.3, -0.25) is 0 Å². The molecule has 1 saturated heterocycles. The lowest BCUT2D eigenvalue weighted by Crippen LogP contribution is -2.44. The molecule has 94 valence electrons. The number of nitrogens with zero attached hydrogens (tertiary/aromatic N) is 1. The summed E-state index contributed by atoms with van der Waals surface area (Å²) in [6.45, 7) is 6.33. The fourth-order valence-corrected chi connectivity index (χ4v) is 1.66. The minimum Gasteiger partial charge on any atom is -0.444 e. The monoisotopic (exact) mass is 230 g/mol. The molecule has 2 atom stereocenters. The van der Waals surface area contributed by atoms with Gasteiger partial charge < -0.3 is 20.5 Å². The lowest BCUT2D eigenvalue weighted by molar-refractivity contribution is 0.0163. The molecule has 0 bridgehead atoms. The third kappa shape index (κ3) is 3.98. The van der Waals surface area contributed by atoms with Crippen molar-refractivity contribution in [3.05, 3.63) is 0 Å². The van der Waals surface area contributed by atoms with Crippen LogP contribution >= 0.6 is 0 Å². The van der Waals surface area contributed by atoms with E-state index in [0.717, 1.165) is 12.8 Å². The Morgan fingerprint density at radius 2 is 2.12 bits per heavy atom. The molecule has 5 heteroatoms. The van der Waals surface area contributed by atoms with Crippen molar-refractivity contribution in [1.82, 2.24) is 4.90 Å². The highest BCUT2D eigenvalue weighted by Gasteiger charge is 2.28. The average Bonchev–Trinajstić information content (AvgIpc) is 2.27. The summed E-state index contributed by atoms with van der Waals surface area (Å²) < 4.78 is 5.25. The van der Waals surface area contributed by atoms with Gasteiger partial charge in [0.2, 0.25) is 0 Å². The molecule has 1 aliphatic heterocycles. The molecule has 1 fully saturated rings. The second-order valence-electron chi connectivity index (χ2n) is 5.30. The molecule has 1 unspecified atom stereocenters. The molecule has 1 aliphatic rings. The van der Waals surface area contributed by atoms with E-state index in [1.54, 1.807) is 0 Å². The molecule has 1 rings (SSSR count). The van der Waals surface area contributed by atoms with Gasteiger partial charge in [0, 0.05) is 12.6 Å². The molecule has 1 heterocycles. The Balaban J connectivity index is 2.56. The van der Waals surface area contributed by atoms with Gasteiger partial charge in [-0.2, -0.15) is 0 Å². The van der Waals surface area contributed by atoms with Crippen LogP contribution < -0.4 is 5.73 Å². The van der Waals surface area contributed by atoms with Gasteiger partial charge in [0.05, 0.1) is 12.6 Å². The van der Waals surface area contributed by atoms with E-state index in [4.69, 9.17) is 10.5 Å². The maximum atomic E-state index is 11.8. The Bertz CT molecular complexity index is 250. The molecule has 0 aromatic rings. The van der Waals surface area contributed by atoms with E-state index >= 15 is 0 Å². The molecular formula is C11H22N2O3. The number of rotatable bonds is 0. The number of aliphatic hydroxyl groups is 1. The molecule has 3 N–H and O–H groups in total. The minimum atomic E-state index is -0.657. The van der Waals surface area contributed by atoms with E-state index in [1.807, 2.05) is 20.8 Å². The van der Waals surface area contributed by atoms with Gasteiger partial charge in [-0.1, -0.05) is 0 Å². The van der Waals surface area contributed by atoms with Crippen LogP contribution in [0.15, 0.2) is 0 Å². The van der Waals surface area contributed by atoms with E-state index in [0.29, 0.717) is 6.54 Å². The van der Waals surface area contributed by atoms with Crippen LogP contribution in [-0.2, 0) is 4.74 Å². The van der Waals surface area contributed by atoms with Gasteiger partial charge in [0.1, 0.15) is 5.60 Å². The minimum absolute atomic E-state index is 0.243. The quantitative estimate of drug-likeness (QED) is 0.642. The number of amides is 1. The first-order valence-electron chi connectivity index (χ1n) is 5.71. The molecule has 1 amide bonds. The van der Waals surface area contributed by atoms with Crippen molar-refractivity contribution < 1.29 is 14.6 Å². The number of carbonyl (C=O) groups is 1. The molecular weight excluding hydrogens is 208 g/mol. The van der Waals surface area contributed by atoms with E-state index in [9.17, 15) is 9.90 Å². The van der Waals surface area contributed by atoms with E-state index < -0.39 is 11.7 Å². The van der Waals surface area contributed by atoms with Crippen molar-refractivity contribution in [1.29, 1.82) is 0 Å². The Hall–Kier alpha value is -0.810. The lowest BCUT2D eigenvalue weighted by atomic mass is 10.1. The lowest BCUT2D eigenvalue weighted by Gasteiger charge is -2.27. The predicted molar refractivity (Wildman–Crippen MR) is 61.0 cm³/mol. The van der Waals surface area contributed by atoms with Gasteiger partial charge in [-0.25, -0.2) is 4.79 Å². The fraction of sp³-hybridized carbons (Fsp3) is 0.909. The second kappa shape index (κ2) is 5.01. The largest absolute Gasteiger partial charge is 0.444 e. The van der Waals surface area contributed by atoms with Gasteiger partial charge in [0.15, 0.2) is 0 Å². The molecule has 5 nitrogen and oxygen atoms in total. The highest BCUT2D eigenvalue weighted by Crippen LogP contribution is 2.14. The van der Waals surface area contributed by atoms with Gasteiger partial charge >= 0.3 is 6.09 Å². The summed E-state index contributed by atoms with van der Waals surface area (Å²) in [6.07, 6.45) is 0.508. The first-order valence-corrected chi connectivity index (χ1v) is 5.71. The van der Waals surface area contributed by atoms with Crippen LogP contribution in [0.4, 0.5) is 4.79 Å². The molecule has 0 aromatic heterocycles. The van der Waals surface area contributed by atoms with Crippen LogP contribution in [-0.4, -0.2) is 46.9 Å². The molecule has 0 aliphatic carbocycles. The van der Waals surface area contributed by atoms with Gasteiger partial charge in [-0.05, 0) is 33.6 Å². The Labute approximate surface area is 96.6 Å². The standard InChI is InChI=1S/C11H22N2O3/c1-11(2,3)16-10(15)13-6-4-5-8(12)9(14)7-13/h8-9,14H,4-7,12H2,1-3H3/t8?,9-/m1/s1. The van der Waals surface area contributed by atoms with Gasteiger partial charge in [-0.15, -0.1) is 0 Å². The van der Waals surface area contributed by atoms with Crippen molar-refractivity contribution in [3.63, 3.8) is 0 Å². The van der Waals surface area contributed by atoms with E-state index in [1.165, 1.54) is 4.90 Å². The molecule has 0 spiro atoms. The number of hydrogen-bond donors (Lipinski definition) is 2. The molecule has 16 heavy (non-hydrogen) atoms. The van der Waals surface area contributed by atoms with E-state index in [2.05, 4.69) is 0 Å². The van der Waals surface area contributed by atoms with Crippen molar-refractivity contribution >= 4 is 6.09 Å². The summed E-state index contributed by atoms with van der Waals surface area (Å²) in [7, 11) is 0. The first kappa shape index (κ1) is 13.3. The molecule has 0 saturated carbocycles. The number of aliphatic hydroxyl groups excluding tert-OH is 1. The van der Waals surface area contributed by atoms with E-state index in [-0.39, 0.29) is 18.7 Å². The van der Waals surface area contributed by atoms with Crippen molar-refractivity contribution in [2.24, 2.45) is 5.73 Å². The van der Waals surface area contributed by atoms with Crippen LogP contribution in [0.3, 0.4) is 0 Å². The van der Waals surface area contributed by atoms with Crippen LogP contribution in [0, 0.1) is 0 Å². The summed E-state index contributed by atoms with van der Waals surface area (Å²) in [5, 5.41) is 9.70. The Morgan fingerprint density at radius 1 is 1.50 bits per heavy atom. The summed E-state index contributed by atoms with van der Waals surface area (Å²) in [5.74, 6) is 0. The number of nitrogens with two attached hydrogens (primary N) is 1. The smallest absolute Gasteiger partial charge is 0.410 e. The summed E-state index contributed by atoms with van der Waals surface area (Å²) in [6, 6.07) is -0.243. The number of likely N-dealkylation sites (tertiary alicyclic amines) is 1. The second-order valence-corrected chi connectivity index (χ2v) is 5.30. The zero-order valence-electron chi connectivity index (χ0n) is 10.3. The van der Waals surface area contributed by atoms with Crippen molar-refractivity contribution in [2.45, 2.75) is 51.4 Å². The zero-order valence-corrected chi connectivity index (χ0v) is 10.3. The predicted octanol–water partition coefficient (Wildman–Crippen LogP) is 0.706. The van der Waals surface area contributed by atoms with Crippen LogP contribution in [0.2, 0.25) is 0 Å². The summed E-state index contributed by atoms with van der Waals surface area (Å²) in [4.78, 5) is 13.3. The first-order chi connectivity index (χ1) is 7.29. The third-order valence-electron chi connectivity index (χ3n) is 2.52. The zero-order chi connectivity index (χ0) is 12.3. The van der Waals surface area contributed by atoms with Crippen molar-refractivity contribution in [3.8, 4) is 0 Å². The Kier molecular flexibility index (Phi) is 4.15. The van der Waals surface area contributed by atoms with Crippen LogP contribution in [0.25, 0.3) is 0 Å². The molecule has 0 aromatic carbocycles. The van der Waals surface area contributed by atoms with Crippen LogP contribution in [0.1, 0.15) is 33.6 Å². The van der Waals surface area contributed by atoms with Crippen molar-refractivity contribution in [2.75, 3.05) is 13.1 Å². The summed E-state index contributed by atoms with van der Waals surface area (Å²) in [5.41, 5.74) is 5.24. The average molecular weight is 230 g/mol.